The lowest BCUT2D eigenvalue weighted by molar-refractivity contribution is -0.143. The molecule has 1 aromatic carbocycles. The van der Waals surface area contributed by atoms with E-state index >= 15 is 0 Å². The van der Waals surface area contributed by atoms with Gasteiger partial charge in [-0.1, -0.05) is 17.7 Å². The molecule has 21 heavy (non-hydrogen) atoms. The van der Waals surface area contributed by atoms with Crippen molar-refractivity contribution in [2.75, 3.05) is 6.61 Å². The lowest BCUT2D eigenvalue weighted by Crippen LogP contribution is -2.43. The second kappa shape index (κ2) is 8.11. The Bertz CT molecular complexity index is 535. The van der Waals surface area contributed by atoms with E-state index in [9.17, 15) is 14.4 Å². The summed E-state index contributed by atoms with van der Waals surface area (Å²) < 4.78 is 5.30. The average Bonchev–Trinajstić information content (AvgIpc) is 2.37. The molecule has 1 aromatic rings. The smallest absolute Gasteiger partial charge is 0.326 e. The first-order valence-electron chi connectivity index (χ1n) is 6.07. The second-order valence-corrected chi connectivity index (χ2v) is 4.62. The molecular formula is C13H15ClN2O5. The first kappa shape index (κ1) is 16.8. The molecule has 114 valence electrons. The fraction of sp³-hybridized carbons (Fsp3) is 0.308. The minimum Gasteiger partial charge on any atom is -0.493 e. The number of ether oxygens (including phenoxy) is 1. The molecule has 0 saturated heterocycles. The number of benzene rings is 1. The number of halogens is 1. The van der Waals surface area contributed by atoms with Gasteiger partial charge in [0, 0.05) is 5.02 Å². The summed E-state index contributed by atoms with van der Waals surface area (Å²) in [6, 6.07) is 5.32. The first-order valence-corrected chi connectivity index (χ1v) is 6.45. The minimum absolute atomic E-state index is 0.0507. The van der Waals surface area contributed by atoms with Crippen molar-refractivity contribution >= 4 is 29.4 Å². The third kappa shape index (κ3) is 6.62. The van der Waals surface area contributed by atoms with Gasteiger partial charge in [-0.05, 0) is 18.2 Å². The molecule has 0 radical (unpaired) electrons. The molecule has 0 heterocycles. The Morgan fingerprint density at radius 1 is 1.38 bits per heavy atom. The van der Waals surface area contributed by atoms with Crippen molar-refractivity contribution < 1.29 is 24.2 Å². The fourth-order valence-corrected chi connectivity index (χ4v) is 1.67. The zero-order chi connectivity index (χ0) is 15.8. The predicted molar refractivity (Wildman–Crippen MR) is 74.9 cm³/mol. The van der Waals surface area contributed by atoms with E-state index in [1.807, 2.05) is 0 Å². The third-order valence-electron chi connectivity index (χ3n) is 2.43. The third-order valence-corrected chi connectivity index (χ3v) is 2.67. The molecule has 0 unspecified atom stereocenters. The summed E-state index contributed by atoms with van der Waals surface area (Å²) in [5, 5.41) is 11.5. The molecular weight excluding hydrogens is 300 g/mol. The Morgan fingerprint density at radius 3 is 2.67 bits per heavy atom. The van der Waals surface area contributed by atoms with Crippen molar-refractivity contribution in [3.05, 3.63) is 29.3 Å². The van der Waals surface area contributed by atoms with Gasteiger partial charge in [-0.2, -0.15) is 0 Å². The van der Waals surface area contributed by atoms with Gasteiger partial charge in [-0.15, -0.1) is 0 Å². The maximum Gasteiger partial charge on any atom is 0.326 e. The zero-order valence-corrected chi connectivity index (χ0v) is 11.8. The van der Waals surface area contributed by atoms with Gasteiger partial charge in [0.05, 0.1) is 19.4 Å². The number of hydrogen-bond acceptors (Lipinski definition) is 4. The van der Waals surface area contributed by atoms with Crippen LogP contribution in [0.2, 0.25) is 5.02 Å². The van der Waals surface area contributed by atoms with E-state index in [2.05, 4.69) is 5.32 Å². The number of carboxylic acids is 1. The molecule has 8 heteroatoms. The molecule has 0 aromatic heterocycles. The number of nitrogens with two attached hydrogens (primary N) is 1. The number of carbonyl (C=O) groups excluding carboxylic acids is 2. The van der Waals surface area contributed by atoms with Gasteiger partial charge in [0.2, 0.25) is 11.8 Å². The van der Waals surface area contributed by atoms with Crippen LogP contribution < -0.4 is 15.8 Å². The number of rotatable bonds is 8. The number of aliphatic carboxylic acids is 1. The molecule has 2 amide bonds. The molecule has 0 aliphatic rings. The quantitative estimate of drug-likeness (QED) is 0.647. The largest absolute Gasteiger partial charge is 0.493 e. The average molecular weight is 315 g/mol. The number of nitrogens with one attached hydrogen (secondary N) is 1. The first-order chi connectivity index (χ1) is 9.88. The molecule has 0 fully saturated rings. The van der Waals surface area contributed by atoms with E-state index in [-0.39, 0.29) is 13.0 Å². The Balaban J connectivity index is 2.39. The van der Waals surface area contributed by atoms with Crippen molar-refractivity contribution in [2.45, 2.75) is 18.9 Å². The summed E-state index contributed by atoms with van der Waals surface area (Å²) in [5.74, 6) is -2.18. The van der Waals surface area contributed by atoms with E-state index in [0.29, 0.717) is 10.8 Å². The molecule has 0 spiro atoms. The molecule has 1 atom stereocenters. The highest BCUT2D eigenvalue weighted by Gasteiger charge is 2.21. The maximum atomic E-state index is 11.6. The minimum atomic E-state index is -1.33. The normalized spacial score (nSPS) is 11.5. The Kier molecular flexibility index (Phi) is 6.48. The van der Waals surface area contributed by atoms with Crippen LogP contribution in [0.25, 0.3) is 0 Å². The summed E-state index contributed by atoms with van der Waals surface area (Å²) in [7, 11) is 0. The molecule has 0 aliphatic carbocycles. The van der Waals surface area contributed by atoms with E-state index in [1.54, 1.807) is 24.3 Å². The predicted octanol–water partition coefficient (Wildman–Crippen LogP) is 0.554. The summed E-state index contributed by atoms with van der Waals surface area (Å²) in [6.07, 6.45) is -0.523. The second-order valence-electron chi connectivity index (χ2n) is 4.18. The molecule has 0 aliphatic heterocycles. The van der Waals surface area contributed by atoms with E-state index in [4.69, 9.17) is 27.2 Å². The van der Waals surface area contributed by atoms with Crippen LogP contribution in [0.3, 0.4) is 0 Å². The van der Waals surface area contributed by atoms with Gasteiger partial charge in [0.25, 0.3) is 0 Å². The van der Waals surface area contributed by atoms with Gasteiger partial charge >= 0.3 is 5.97 Å². The Labute approximate surface area is 126 Å². The number of carbonyl (C=O) groups is 3. The van der Waals surface area contributed by atoms with Crippen molar-refractivity contribution in [2.24, 2.45) is 5.73 Å². The van der Waals surface area contributed by atoms with Crippen molar-refractivity contribution in [3.8, 4) is 5.75 Å². The summed E-state index contributed by atoms with van der Waals surface area (Å²) in [6.45, 7) is 0.0507. The highest BCUT2D eigenvalue weighted by Crippen LogP contribution is 2.17. The summed E-state index contributed by atoms with van der Waals surface area (Å²) in [5.41, 5.74) is 4.91. The van der Waals surface area contributed by atoms with Crippen molar-refractivity contribution in [1.29, 1.82) is 0 Å². The summed E-state index contributed by atoms with van der Waals surface area (Å²) >= 11 is 5.77. The monoisotopic (exact) mass is 314 g/mol. The molecule has 0 saturated carbocycles. The molecule has 4 N–H and O–H groups in total. The van der Waals surface area contributed by atoms with E-state index < -0.39 is 30.2 Å². The highest BCUT2D eigenvalue weighted by atomic mass is 35.5. The SMILES string of the molecule is NC(=O)C[C@H](NC(=O)CCOc1cccc(Cl)c1)C(=O)O. The number of hydrogen-bond donors (Lipinski definition) is 3. The van der Waals surface area contributed by atoms with Crippen LogP contribution >= 0.6 is 11.6 Å². The standard InChI is InChI=1S/C13H15ClN2O5/c14-8-2-1-3-9(6-8)21-5-4-12(18)16-10(13(19)20)7-11(15)17/h1-3,6,10H,4-5,7H2,(H2,15,17)(H,16,18)(H,19,20)/t10-/m0/s1. The van der Waals surface area contributed by atoms with E-state index in [1.165, 1.54) is 0 Å². The van der Waals surface area contributed by atoms with E-state index in [0.717, 1.165) is 0 Å². The molecule has 7 nitrogen and oxygen atoms in total. The number of primary amides is 1. The van der Waals surface area contributed by atoms with Crippen LogP contribution in [0.1, 0.15) is 12.8 Å². The fourth-order valence-electron chi connectivity index (χ4n) is 1.49. The topological polar surface area (TPSA) is 119 Å². The van der Waals surface area contributed by atoms with Gasteiger partial charge in [0.15, 0.2) is 0 Å². The van der Waals surface area contributed by atoms with Gasteiger partial charge < -0.3 is 20.9 Å². The molecule has 1 rings (SSSR count). The Morgan fingerprint density at radius 2 is 2.10 bits per heavy atom. The van der Waals surface area contributed by atoms with Crippen molar-refractivity contribution in [3.63, 3.8) is 0 Å². The van der Waals surface area contributed by atoms with Crippen LogP contribution in [0, 0.1) is 0 Å². The lowest BCUT2D eigenvalue weighted by atomic mass is 10.2. The molecule has 0 bridgehead atoms. The van der Waals surface area contributed by atoms with Crippen LogP contribution in [-0.4, -0.2) is 35.5 Å². The van der Waals surface area contributed by atoms with Crippen LogP contribution in [0.4, 0.5) is 0 Å². The van der Waals surface area contributed by atoms with Crippen LogP contribution in [0.5, 0.6) is 5.75 Å². The van der Waals surface area contributed by atoms with Gasteiger partial charge in [-0.25, -0.2) is 4.79 Å². The zero-order valence-electron chi connectivity index (χ0n) is 11.0. The van der Waals surface area contributed by atoms with Gasteiger partial charge in [-0.3, -0.25) is 9.59 Å². The number of amides is 2. The van der Waals surface area contributed by atoms with Crippen molar-refractivity contribution in [1.82, 2.24) is 5.32 Å². The van der Waals surface area contributed by atoms with Crippen LogP contribution in [0.15, 0.2) is 24.3 Å². The lowest BCUT2D eigenvalue weighted by Gasteiger charge is -2.13. The van der Waals surface area contributed by atoms with Gasteiger partial charge in [0.1, 0.15) is 11.8 Å². The number of carboxylic acid groups (broad SMARTS) is 1. The Hall–Kier alpha value is -2.28. The summed E-state index contributed by atoms with van der Waals surface area (Å²) in [4.78, 5) is 33.1. The maximum absolute atomic E-state index is 11.6. The highest BCUT2D eigenvalue weighted by molar-refractivity contribution is 6.30. The van der Waals surface area contributed by atoms with Crippen LogP contribution in [-0.2, 0) is 14.4 Å².